The second-order valence-electron chi connectivity index (χ2n) is 16.5. The third-order valence-electron chi connectivity index (χ3n) is 13.9. The van der Waals surface area contributed by atoms with Gasteiger partial charge in [-0.25, -0.2) is 4.79 Å². The molecular weight excluding hydrogens is 680 g/mol. The Bertz CT molecular complexity index is 1540. The zero-order valence-electron chi connectivity index (χ0n) is 30.2. The zero-order chi connectivity index (χ0) is 37.3. The van der Waals surface area contributed by atoms with Crippen molar-refractivity contribution in [2.24, 2.45) is 22.7 Å². The van der Waals surface area contributed by atoms with Gasteiger partial charge in [-0.1, -0.05) is 25.5 Å². The predicted octanol–water partition coefficient (Wildman–Crippen LogP) is 1.41. The molecular formula is C38H54O14. The van der Waals surface area contributed by atoms with Crippen LogP contribution in [0.2, 0.25) is 0 Å². The van der Waals surface area contributed by atoms with Crippen LogP contribution in [0.5, 0.6) is 0 Å². The minimum absolute atomic E-state index is 0.110. The van der Waals surface area contributed by atoms with Crippen molar-refractivity contribution in [1.29, 1.82) is 0 Å². The van der Waals surface area contributed by atoms with E-state index in [-0.39, 0.29) is 34.2 Å². The number of carbonyl (C=O) groups excluding carboxylic acids is 1. The normalized spacial score (nSPS) is 48.9. The minimum Gasteiger partial charge on any atom is -0.457 e. The molecule has 5 fully saturated rings. The van der Waals surface area contributed by atoms with Gasteiger partial charge in [0.05, 0.1) is 30.7 Å². The molecule has 4 aliphatic carbocycles. The van der Waals surface area contributed by atoms with E-state index in [4.69, 9.17) is 28.1 Å². The Morgan fingerprint density at radius 1 is 0.885 bits per heavy atom. The van der Waals surface area contributed by atoms with E-state index in [9.17, 15) is 40.2 Å². The van der Waals surface area contributed by atoms with Gasteiger partial charge in [-0.2, -0.15) is 0 Å². The molecule has 0 radical (unpaired) electrons. The summed E-state index contributed by atoms with van der Waals surface area (Å²) in [5, 5.41) is 64.6. The number of aliphatic hydroxyl groups is 6. The molecule has 14 nitrogen and oxygen atoms in total. The van der Waals surface area contributed by atoms with Crippen LogP contribution in [-0.2, 0) is 28.5 Å². The van der Waals surface area contributed by atoms with E-state index >= 15 is 0 Å². The molecule has 2 saturated heterocycles. The minimum atomic E-state index is -1.70. The summed E-state index contributed by atoms with van der Waals surface area (Å²) in [6.07, 6.45) is -3.91. The van der Waals surface area contributed by atoms with E-state index < -0.39 is 85.7 Å². The summed E-state index contributed by atoms with van der Waals surface area (Å²) in [5.41, 5.74) is 0.560. The van der Waals surface area contributed by atoms with E-state index in [1.54, 1.807) is 13.2 Å². The molecule has 0 spiro atoms. The van der Waals surface area contributed by atoms with Crippen LogP contribution >= 0.6 is 0 Å². The number of aliphatic hydroxyl groups excluding tert-OH is 5. The van der Waals surface area contributed by atoms with E-state index in [1.807, 2.05) is 6.07 Å². The van der Waals surface area contributed by atoms with Crippen molar-refractivity contribution in [2.75, 3.05) is 6.61 Å². The summed E-state index contributed by atoms with van der Waals surface area (Å²) in [4.78, 5) is 23.8. The fourth-order valence-electron chi connectivity index (χ4n) is 11.0. The molecule has 7 rings (SSSR count). The maximum atomic E-state index is 12.6. The smallest absolute Gasteiger partial charge is 0.335 e. The first-order valence-corrected chi connectivity index (χ1v) is 18.8. The monoisotopic (exact) mass is 734 g/mol. The van der Waals surface area contributed by atoms with Crippen LogP contribution in [0.3, 0.4) is 0 Å². The Morgan fingerprint density at radius 3 is 2.33 bits per heavy atom. The molecule has 6 N–H and O–H groups in total. The number of carbonyl (C=O) groups is 1. The largest absolute Gasteiger partial charge is 0.457 e. The van der Waals surface area contributed by atoms with Crippen LogP contribution in [0.15, 0.2) is 39.3 Å². The molecule has 52 heavy (non-hydrogen) atoms. The van der Waals surface area contributed by atoms with E-state index in [1.165, 1.54) is 18.6 Å². The zero-order valence-corrected chi connectivity index (χ0v) is 30.2. The molecule has 0 amide bonds. The third-order valence-corrected chi connectivity index (χ3v) is 13.9. The van der Waals surface area contributed by atoms with Crippen molar-refractivity contribution in [3.8, 4) is 0 Å². The van der Waals surface area contributed by atoms with Crippen LogP contribution in [0.4, 0.5) is 0 Å². The lowest BCUT2D eigenvalue weighted by atomic mass is 9.45. The Hall–Kier alpha value is -2.24. The number of hydrogen-bond acceptors (Lipinski definition) is 14. The highest BCUT2D eigenvalue weighted by molar-refractivity contribution is 5.66. The van der Waals surface area contributed by atoms with Gasteiger partial charge in [0.2, 0.25) is 0 Å². The van der Waals surface area contributed by atoms with Crippen molar-refractivity contribution >= 4 is 5.97 Å². The lowest BCUT2D eigenvalue weighted by Gasteiger charge is -2.62. The molecule has 3 saturated carbocycles. The Kier molecular flexibility index (Phi) is 10.3. The SMILES string of the molecule is CC(=O)O[C@H]1[C@@H](O)[C@@H](O[C@H]2C=C3CC[C@@H]4[C@H](CC[C@]5(C)[C@H](c6ccc(=O)oc6)CC[C@]45O)[C@@]3(C)CC2)O[C@@H](C)[C@@H]1O[C@@H]1O[C@H](CO)[C@@H](O)[C@H](O)[C@H]1O. The van der Waals surface area contributed by atoms with Crippen molar-refractivity contribution in [3.05, 3.63) is 46.0 Å². The first-order chi connectivity index (χ1) is 24.6. The van der Waals surface area contributed by atoms with Gasteiger partial charge in [0, 0.05) is 18.4 Å². The first-order valence-electron chi connectivity index (χ1n) is 18.8. The Morgan fingerprint density at radius 2 is 1.63 bits per heavy atom. The molecule has 290 valence electrons. The van der Waals surface area contributed by atoms with Gasteiger partial charge in [-0.05, 0) is 93.1 Å². The lowest BCUT2D eigenvalue weighted by molar-refractivity contribution is -0.358. The highest BCUT2D eigenvalue weighted by Crippen LogP contribution is 2.70. The van der Waals surface area contributed by atoms with Gasteiger partial charge in [-0.15, -0.1) is 0 Å². The standard InChI is InChI=1S/C38H54O14/c1-18-32(52-34-30(44)29(43)28(42)26(16-39)51-34)33(49-19(2)40)31(45)35(48-18)50-22-9-12-36(3)21(15-22)6-7-25-24(36)10-13-37(4)23(11-14-38(25,37)46)20-5-8-27(41)47-17-20/h5,8,15,17-18,22-26,28-35,39,42-46H,6-7,9-14,16H2,1-4H3/t18-,22+,23-,24-,25+,26+,28+,29-,30+,31+,32-,33-,34-,35+,36-,37+,38-/m0/s1. The summed E-state index contributed by atoms with van der Waals surface area (Å²) in [7, 11) is 0. The van der Waals surface area contributed by atoms with Gasteiger partial charge in [0.25, 0.3) is 0 Å². The van der Waals surface area contributed by atoms with Crippen LogP contribution < -0.4 is 5.63 Å². The molecule has 2 aliphatic heterocycles. The third kappa shape index (κ3) is 6.20. The number of esters is 1. The molecule has 0 aromatic carbocycles. The summed E-state index contributed by atoms with van der Waals surface area (Å²) in [5.74, 6) is -0.176. The van der Waals surface area contributed by atoms with Crippen molar-refractivity contribution < 1.29 is 63.5 Å². The van der Waals surface area contributed by atoms with E-state index in [2.05, 4.69) is 19.9 Å². The Balaban J connectivity index is 1.05. The lowest BCUT2D eigenvalue weighted by Crippen LogP contribution is -2.64. The van der Waals surface area contributed by atoms with Crippen molar-refractivity contribution in [1.82, 2.24) is 0 Å². The van der Waals surface area contributed by atoms with Crippen molar-refractivity contribution in [3.63, 3.8) is 0 Å². The van der Waals surface area contributed by atoms with Gasteiger partial charge in [0.15, 0.2) is 18.7 Å². The van der Waals surface area contributed by atoms with Gasteiger partial charge in [0.1, 0.15) is 36.6 Å². The number of hydrogen-bond donors (Lipinski definition) is 6. The van der Waals surface area contributed by atoms with E-state index in [0.29, 0.717) is 12.8 Å². The summed E-state index contributed by atoms with van der Waals surface area (Å²) >= 11 is 0. The second kappa shape index (κ2) is 14.1. The van der Waals surface area contributed by atoms with E-state index in [0.717, 1.165) is 44.1 Å². The molecule has 0 bridgehead atoms. The number of rotatable bonds is 7. The first kappa shape index (κ1) is 38.1. The fraction of sp³-hybridized carbons (Fsp3) is 0.789. The second-order valence-corrected chi connectivity index (χ2v) is 16.5. The molecule has 14 heteroatoms. The maximum Gasteiger partial charge on any atom is 0.335 e. The van der Waals surface area contributed by atoms with Gasteiger partial charge >= 0.3 is 11.6 Å². The maximum absolute atomic E-state index is 12.6. The summed E-state index contributed by atoms with van der Waals surface area (Å²) in [6.45, 7) is 6.69. The van der Waals surface area contributed by atoms with Crippen LogP contribution in [0, 0.1) is 22.7 Å². The van der Waals surface area contributed by atoms with Crippen molar-refractivity contribution in [2.45, 2.75) is 158 Å². The van der Waals surface area contributed by atoms with Crippen LogP contribution in [0.25, 0.3) is 0 Å². The van der Waals surface area contributed by atoms with Gasteiger partial charge in [-0.3, -0.25) is 4.79 Å². The molecule has 0 unspecified atom stereocenters. The van der Waals surface area contributed by atoms with Gasteiger partial charge < -0.3 is 58.7 Å². The number of allylic oxidation sites excluding steroid dienone is 1. The topological polar surface area (TPSA) is 215 Å². The predicted molar refractivity (Wildman–Crippen MR) is 180 cm³/mol. The number of ether oxygens (including phenoxy) is 5. The molecule has 6 aliphatic rings. The quantitative estimate of drug-likeness (QED) is 0.173. The summed E-state index contributed by atoms with van der Waals surface area (Å²) < 4.78 is 34.7. The van der Waals surface area contributed by atoms with Crippen LogP contribution in [-0.4, -0.2) is 116 Å². The highest BCUT2D eigenvalue weighted by atomic mass is 16.7. The average Bonchev–Trinajstić information content (AvgIpc) is 3.39. The molecule has 1 aromatic heterocycles. The molecule has 17 atom stereocenters. The molecule has 3 heterocycles. The fourth-order valence-corrected chi connectivity index (χ4v) is 11.0. The molecule has 1 aromatic rings. The van der Waals surface area contributed by atoms with Crippen LogP contribution in [0.1, 0.15) is 90.5 Å². The number of fused-ring (bicyclic) bond motifs is 5. The Labute approximate surface area is 302 Å². The highest BCUT2D eigenvalue weighted by Gasteiger charge is 2.67. The summed E-state index contributed by atoms with van der Waals surface area (Å²) in [6, 6.07) is 3.31. The average molecular weight is 735 g/mol.